The normalized spacial score (nSPS) is 11.8. The summed E-state index contributed by atoms with van der Waals surface area (Å²) in [5, 5.41) is 12.7. The molecular weight excluding hydrogens is 266 g/mol. The molecule has 0 aromatic heterocycles. The number of hydrogen-bond acceptors (Lipinski definition) is 4. The van der Waals surface area contributed by atoms with E-state index in [0.717, 1.165) is 23.6 Å². The highest BCUT2D eigenvalue weighted by Gasteiger charge is 2.09. The Morgan fingerprint density at radius 2 is 1.76 bits per heavy atom. The van der Waals surface area contributed by atoms with E-state index < -0.39 is 0 Å². The number of phenolic OH excluding ortho intramolecular Hbond substituents is 1. The molecule has 1 unspecified atom stereocenters. The molecule has 21 heavy (non-hydrogen) atoms. The molecule has 2 aromatic rings. The van der Waals surface area contributed by atoms with Crippen molar-refractivity contribution in [3.05, 3.63) is 48.0 Å². The molecule has 4 heteroatoms. The zero-order chi connectivity index (χ0) is 15.2. The van der Waals surface area contributed by atoms with Crippen molar-refractivity contribution in [2.45, 2.75) is 19.4 Å². The van der Waals surface area contributed by atoms with Crippen molar-refractivity contribution in [3.63, 3.8) is 0 Å². The lowest BCUT2D eigenvalue weighted by Crippen LogP contribution is -2.18. The van der Waals surface area contributed by atoms with Crippen LogP contribution in [0.25, 0.3) is 0 Å². The zero-order valence-electron chi connectivity index (χ0n) is 12.6. The maximum atomic E-state index is 9.30. The van der Waals surface area contributed by atoms with Gasteiger partial charge in [0, 0.05) is 12.1 Å². The lowest BCUT2D eigenvalue weighted by atomic mass is 10.1. The SMILES string of the molecule is COc1ccc(NC(C)Cc2ccc(O)cc2)c(OC)c1. The molecule has 0 radical (unpaired) electrons. The molecule has 2 N–H and O–H groups in total. The van der Waals surface area contributed by atoms with Crippen LogP contribution in [0.5, 0.6) is 17.2 Å². The summed E-state index contributed by atoms with van der Waals surface area (Å²) in [5.74, 6) is 1.81. The summed E-state index contributed by atoms with van der Waals surface area (Å²) < 4.78 is 10.6. The van der Waals surface area contributed by atoms with Crippen molar-refractivity contribution in [2.75, 3.05) is 19.5 Å². The van der Waals surface area contributed by atoms with E-state index in [0.29, 0.717) is 0 Å². The fourth-order valence-electron chi connectivity index (χ4n) is 2.22. The standard InChI is InChI=1S/C17H21NO3/c1-12(10-13-4-6-14(19)7-5-13)18-16-9-8-15(20-2)11-17(16)21-3/h4-9,11-12,18-19H,10H2,1-3H3. The lowest BCUT2D eigenvalue weighted by molar-refractivity contribution is 0.395. The van der Waals surface area contributed by atoms with Crippen LogP contribution in [0.2, 0.25) is 0 Å². The van der Waals surface area contributed by atoms with Gasteiger partial charge in [0.1, 0.15) is 17.2 Å². The average molecular weight is 287 g/mol. The number of methoxy groups -OCH3 is 2. The van der Waals surface area contributed by atoms with Gasteiger partial charge in [-0.2, -0.15) is 0 Å². The van der Waals surface area contributed by atoms with Crippen LogP contribution < -0.4 is 14.8 Å². The number of phenols is 1. The summed E-state index contributed by atoms with van der Waals surface area (Å²) in [5.41, 5.74) is 2.10. The van der Waals surface area contributed by atoms with Gasteiger partial charge in [0.05, 0.1) is 19.9 Å². The van der Waals surface area contributed by atoms with Crippen LogP contribution in [0.4, 0.5) is 5.69 Å². The van der Waals surface area contributed by atoms with Crippen LogP contribution in [0, 0.1) is 0 Å². The molecule has 2 rings (SSSR count). The predicted molar refractivity (Wildman–Crippen MR) is 84.4 cm³/mol. The maximum absolute atomic E-state index is 9.30. The van der Waals surface area contributed by atoms with E-state index in [1.807, 2.05) is 30.3 Å². The van der Waals surface area contributed by atoms with E-state index in [1.54, 1.807) is 26.4 Å². The Morgan fingerprint density at radius 1 is 1.05 bits per heavy atom. The lowest BCUT2D eigenvalue weighted by Gasteiger charge is -2.18. The van der Waals surface area contributed by atoms with Gasteiger partial charge in [-0.25, -0.2) is 0 Å². The third-order valence-electron chi connectivity index (χ3n) is 3.29. The van der Waals surface area contributed by atoms with E-state index in [-0.39, 0.29) is 11.8 Å². The monoisotopic (exact) mass is 287 g/mol. The van der Waals surface area contributed by atoms with Gasteiger partial charge >= 0.3 is 0 Å². The Hall–Kier alpha value is -2.36. The minimum absolute atomic E-state index is 0.233. The van der Waals surface area contributed by atoms with Crippen LogP contribution in [0.15, 0.2) is 42.5 Å². The summed E-state index contributed by atoms with van der Waals surface area (Å²) in [6.07, 6.45) is 0.857. The molecule has 0 amide bonds. The Labute approximate surface area is 125 Å². The highest BCUT2D eigenvalue weighted by molar-refractivity contribution is 5.59. The van der Waals surface area contributed by atoms with Crippen molar-refractivity contribution in [1.82, 2.24) is 0 Å². The smallest absolute Gasteiger partial charge is 0.145 e. The Balaban J connectivity index is 2.05. The van der Waals surface area contributed by atoms with Gasteiger partial charge in [0.2, 0.25) is 0 Å². The minimum atomic E-state index is 0.233. The third kappa shape index (κ3) is 4.05. The maximum Gasteiger partial charge on any atom is 0.145 e. The van der Waals surface area contributed by atoms with Gasteiger partial charge in [-0.05, 0) is 43.2 Å². The van der Waals surface area contributed by atoms with Crippen LogP contribution in [0.1, 0.15) is 12.5 Å². The Morgan fingerprint density at radius 3 is 2.38 bits per heavy atom. The van der Waals surface area contributed by atoms with Gasteiger partial charge in [-0.1, -0.05) is 12.1 Å². The van der Waals surface area contributed by atoms with E-state index in [2.05, 4.69) is 12.2 Å². The van der Waals surface area contributed by atoms with E-state index >= 15 is 0 Å². The van der Waals surface area contributed by atoms with Crippen molar-refractivity contribution in [2.24, 2.45) is 0 Å². The molecule has 0 bridgehead atoms. The Kier molecular flexibility index (Phi) is 4.93. The number of aromatic hydroxyl groups is 1. The second kappa shape index (κ2) is 6.88. The van der Waals surface area contributed by atoms with Gasteiger partial charge in [-0.15, -0.1) is 0 Å². The number of nitrogens with one attached hydrogen (secondary N) is 1. The van der Waals surface area contributed by atoms with Crippen LogP contribution in [-0.2, 0) is 6.42 Å². The average Bonchev–Trinajstić information content (AvgIpc) is 2.50. The topological polar surface area (TPSA) is 50.7 Å². The van der Waals surface area contributed by atoms with Gasteiger partial charge in [-0.3, -0.25) is 0 Å². The van der Waals surface area contributed by atoms with Crippen molar-refractivity contribution < 1.29 is 14.6 Å². The molecule has 0 aliphatic rings. The fraction of sp³-hybridized carbons (Fsp3) is 0.294. The van der Waals surface area contributed by atoms with Gasteiger partial charge < -0.3 is 19.9 Å². The highest BCUT2D eigenvalue weighted by Crippen LogP contribution is 2.29. The second-order valence-electron chi connectivity index (χ2n) is 4.98. The summed E-state index contributed by atoms with van der Waals surface area (Å²) >= 11 is 0. The molecule has 2 aromatic carbocycles. The molecule has 0 aliphatic carbocycles. The molecule has 0 fully saturated rings. The highest BCUT2D eigenvalue weighted by atomic mass is 16.5. The van der Waals surface area contributed by atoms with Gasteiger partial charge in [0.25, 0.3) is 0 Å². The molecule has 0 saturated carbocycles. The van der Waals surface area contributed by atoms with E-state index in [4.69, 9.17) is 9.47 Å². The van der Waals surface area contributed by atoms with Crippen LogP contribution >= 0.6 is 0 Å². The number of benzene rings is 2. The minimum Gasteiger partial charge on any atom is -0.508 e. The number of anilines is 1. The van der Waals surface area contributed by atoms with Crippen LogP contribution in [0.3, 0.4) is 0 Å². The van der Waals surface area contributed by atoms with Crippen molar-refractivity contribution in [3.8, 4) is 17.2 Å². The predicted octanol–water partition coefficient (Wildman–Crippen LogP) is 3.45. The summed E-state index contributed by atoms with van der Waals surface area (Å²) in [4.78, 5) is 0. The molecule has 112 valence electrons. The van der Waals surface area contributed by atoms with E-state index in [9.17, 15) is 5.11 Å². The summed E-state index contributed by atoms with van der Waals surface area (Å²) in [6, 6.07) is 13.2. The summed E-state index contributed by atoms with van der Waals surface area (Å²) in [6.45, 7) is 2.11. The van der Waals surface area contributed by atoms with E-state index in [1.165, 1.54) is 5.56 Å². The largest absolute Gasteiger partial charge is 0.508 e. The number of ether oxygens (including phenoxy) is 2. The van der Waals surface area contributed by atoms with Crippen LogP contribution in [-0.4, -0.2) is 25.4 Å². The quantitative estimate of drug-likeness (QED) is 0.854. The number of hydrogen-bond donors (Lipinski definition) is 2. The molecule has 0 spiro atoms. The van der Waals surface area contributed by atoms with Crippen molar-refractivity contribution in [1.29, 1.82) is 0 Å². The number of rotatable bonds is 6. The fourth-order valence-corrected chi connectivity index (χ4v) is 2.22. The first-order valence-corrected chi connectivity index (χ1v) is 6.89. The first-order valence-electron chi connectivity index (χ1n) is 6.89. The molecule has 1 atom stereocenters. The second-order valence-corrected chi connectivity index (χ2v) is 4.98. The Bertz CT molecular complexity index is 581. The van der Waals surface area contributed by atoms with Crippen molar-refractivity contribution >= 4 is 5.69 Å². The summed E-state index contributed by atoms with van der Waals surface area (Å²) in [7, 11) is 3.28. The molecule has 4 nitrogen and oxygen atoms in total. The van der Waals surface area contributed by atoms with Gasteiger partial charge in [0.15, 0.2) is 0 Å². The molecule has 0 saturated heterocycles. The first-order chi connectivity index (χ1) is 10.1. The molecular formula is C17H21NO3. The third-order valence-corrected chi connectivity index (χ3v) is 3.29. The molecule has 0 heterocycles. The molecule has 0 aliphatic heterocycles. The zero-order valence-corrected chi connectivity index (χ0v) is 12.6. The first kappa shape index (κ1) is 15.0.